The van der Waals surface area contributed by atoms with E-state index in [9.17, 15) is 39.3 Å². The van der Waals surface area contributed by atoms with Crippen molar-refractivity contribution >= 4 is 84.3 Å². The van der Waals surface area contributed by atoms with Crippen molar-refractivity contribution in [2.45, 2.75) is 52.4 Å². The van der Waals surface area contributed by atoms with E-state index in [1.54, 1.807) is 12.1 Å². The third kappa shape index (κ3) is 15.8. The molecule has 0 radical (unpaired) electrons. The zero-order valence-electron chi connectivity index (χ0n) is 25.7. The van der Waals surface area contributed by atoms with E-state index in [2.05, 4.69) is 21.3 Å². The van der Waals surface area contributed by atoms with Gasteiger partial charge in [-0.15, -0.1) is 0 Å². The summed E-state index contributed by atoms with van der Waals surface area (Å²) >= 11 is 23.4. The molecule has 0 heterocycles. The molecule has 4 amide bonds. The summed E-state index contributed by atoms with van der Waals surface area (Å²) in [6.07, 6.45) is 0.801. The van der Waals surface area contributed by atoms with E-state index in [0.29, 0.717) is 22.9 Å². The van der Waals surface area contributed by atoms with Crippen molar-refractivity contribution in [3.63, 3.8) is 0 Å². The summed E-state index contributed by atoms with van der Waals surface area (Å²) in [4.78, 5) is 47.6. The molecule has 0 saturated heterocycles. The predicted molar refractivity (Wildman–Crippen MR) is 181 cm³/mol. The van der Waals surface area contributed by atoms with Crippen LogP contribution >= 0.6 is 46.4 Å². The lowest BCUT2D eigenvalue weighted by Gasteiger charge is -2.19. The quantitative estimate of drug-likeness (QED) is 0.136. The smallest absolute Gasteiger partial charge is 0.426 e. The number of rotatable bonds is 14. The standard InChI is InChI=1S/2C14H19BCl2N2O4/c2*1-8(2)5-12(15(22)23)19-13(20)7-18-14(21)10-6-9(16)3-4-11(10)17/h2*3-4,6,8,12,22-23H,5,7H2,1-2H3,(H,18,21)(H,19,20)/t2*12-/m00/s1. The van der Waals surface area contributed by atoms with Crippen LogP contribution in [0.2, 0.25) is 20.1 Å². The summed E-state index contributed by atoms with van der Waals surface area (Å²) in [7, 11) is -3.33. The molecule has 46 heavy (non-hydrogen) atoms. The number of halogens is 4. The topological polar surface area (TPSA) is 197 Å². The molecule has 0 unspecified atom stereocenters. The SMILES string of the molecule is CC(C)C[C@H](NC(=O)CNC(=O)c1cc(Cl)ccc1Cl)B(O)O.CC(C)C[C@H](NC(=O)CNC(=O)c1cc(Cl)ccc1Cl)B(O)O. The Kier molecular flexibility index (Phi) is 18.6. The summed E-state index contributed by atoms with van der Waals surface area (Å²) in [5.41, 5.74) is 0.320. The van der Waals surface area contributed by atoms with Crippen molar-refractivity contribution in [1.29, 1.82) is 0 Å². The number of nitrogens with one attached hydrogen (secondary N) is 4. The van der Waals surface area contributed by atoms with Gasteiger partial charge in [0, 0.05) is 10.0 Å². The van der Waals surface area contributed by atoms with Gasteiger partial charge in [-0.1, -0.05) is 74.1 Å². The van der Waals surface area contributed by atoms with Gasteiger partial charge in [0.15, 0.2) is 0 Å². The Morgan fingerprint density at radius 1 is 0.630 bits per heavy atom. The van der Waals surface area contributed by atoms with Crippen molar-refractivity contribution in [3.05, 3.63) is 67.6 Å². The number of carbonyl (C=O) groups excluding carboxylic acids is 4. The Morgan fingerprint density at radius 2 is 0.957 bits per heavy atom. The van der Waals surface area contributed by atoms with Crippen molar-refractivity contribution in [2.24, 2.45) is 11.8 Å². The van der Waals surface area contributed by atoms with E-state index in [1.807, 2.05) is 27.7 Å². The molecule has 18 heteroatoms. The molecule has 2 rings (SSSR count). The number of hydrogen-bond acceptors (Lipinski definition) is 8. The fraction of sp³-hybridized carbons (Fsp3) is 0.429. The first-order valence-corrected chi connectivity index (χ1v) is 15.7. The molecule has 0 fully saturated rings. The monoisotopic (exact) mass is 720 g/mol. The predicted octanol–water partition coefficient (Wildman–Crippen LogP) is 2.53. The molecule has 0 aliphatic carbocycles. The normalized spacial score (nSPS) is 12.0. The Bertz CT molecular complexity index is 1240. The van der Waals surface area contributed by atoms with Gasteiger partial charge >= 0.3 is 14.2 Å². The minimum atomic E-state index is -1.67. The molecular weight excluding hydrogens is 684 g/mol. The third-order valence-electron chi connectivity index (χ3n) is 6.03. The van der Waals surface area contributed by atoms with Crippen molar-refractivity contribution in [3.8, 4) is 0 Å². The van der Waals surface area contributed by atoms with Crippen LogP contribution in [0.4, 0.5) is 0 Å². The maximum absolute atomic E-state index is 12.0. The second-order valence-electron chi connectivity index (χ2n) is 11.0. The Labute approximate surface area is 288 Å². The molecule has 0 aliphatic heterocycles. The molecule has 12 nitrogen and oxygen atoms in total. The molecule has 0 spiro atoms. The molecule has 0 saturated carbocycles. The highest BCUT2D eigenvalue weighted by molar-refractivity contribution is 6.44. The maximum atomic E-state index is 12.0. The highest BCUT2D eigenvalue weighted by Crippen LogP contribution is 2.21. The van der Waals surface area contributed by atoms with Crippen LogP contribution in [0.15, 0.2) is 36.4 Å². The summed E-state index contributed by atoms with van der Waals surface area (Å²) in [6, 6.07) is 8.87. The lowest BCUT2D eigenvalue weighted by Crippen LogP contribution is -2.50. The fourth-order valence-electron chi connectivity index (χ4n) is 3.90. The number of amides is 4. The highest BCUT2D eigenvalue weighted by Gasteiger charge is 2.27. The Hall–Kier alpha value is -2.55. The minimum absolute atomic E-state index is 0.160. The van der Waals surface area contributed by atoms with Gasteiger partial charge in [0.25, 0.3) is 11.8 Å². The molecule has 0 aromatic heterocycles. The van der Waals surface area contributed by atoms with Crippen LogP contribution < -0.4 is 21.3 Å². The molecule has 2 aromatic rings. The number of benzene rings is 2. The lowest BCUT2D eigenvalue weighted by atomic mass is 9.75. The van der Waals surface area contributed by atoms with Gasteiger partial charge in [0.2, 0.25) is 11.8 Å². The van der Waals surface area contributed by atoms with Gasteiger partial charge < -0.3 is 41.4 Å². The van der Waals surface area contributed by atoms with Crippen LogP contribution in [0.3, 0.4) is 0 Å². The number of carbonyl (C=O) groups is 4. The number of hydrogen-bond donors (Lipinski definition) is 8. The summed E-state index contributed by atoms with van der Waals surface area (Å²) < 4.78 is 0. The van der Waals surface area contributed by atoms with Gasteiger partial charge in [-0.2, -0.15) is 0 Å². The molecule has 252 valence electrons. The van der Waals surface area contributed by atoms with Crippen LogP contribution in [0.25, 0.3) is 0 Å². The molecular formula is C28H38B2Cl4N4O8. The second-order valence-corrected chi connectivity index (χ2v) is 12.7. The molecule has 0 bridgehead atoms. The van der Waals surface area contributed by atoms with Crippen LogP contribution in [0.1, 0.15) is 61.3 Å². The summed E-state index contributed by atoms with van der Waals surface area (Å²) in [5, 5.41) is 47.9. The van der Waals surface area contributed by atoms with E-state index in [-0.39, 0.29) is 46.1 Å². The van der Waals surface area contributed by atoms with Crippen LogP contribution in [-0.2, 0) is 9.59 Å². The zero-order chi connectivity index (χ0) is 35.1. The molecule has 8 N–H and O–H groups in total. The zero-order valence-corrected chi connectivity index (χ0v) is 28.7. The second kappa shape index (κ2) is 20.6. The molecule has 2 atom stereocenters. The third-order valence-corrected chi connectivity index (χ3v) is 7.16. The van der Waals surface area contributed by atoms with Crippen LogP contribution in [0.5, 0.6) is 0 Å². The lowest BCUT2D eigenvalue weighted by molar-refractivity contribution is -0.121. The van der Waals surface area contributed by atoms with E-state index < -0.39 is 49.7 Å². The minimum Gasteiger partial charge on any atom is -0.426 e. The van der Waals surface area contributed by atoms with Gasteiger partial charge in [-0.3, -0.25) is 19.2 Å². The highest BCUT2D eigenvalue weighted by atomic mass is 35.5. The Balaban J connectivity index is 0.000000460. The van der Waals surface area contributed by atoms with Crippen LogP contribution in [-0.4, -0.2) is 82.9 Å². The summed E-state index contributed by atoms with van der Waals surface area (Å²) in [6.45, 7) is 6.94. The first-order chi connectivity index (χ1) is 21.4. The van der Waals surface area contributed by atoms with Gasteiger partial charge in [0.05, 0.1) is 46.1 Å². The first-order valence-electron chi connectivity index (χ1n) is 14.2. The van der Waals surface area contributed by atoms with Crippen molar-refractivity contribution in [1.82, 2.24) is 21.3 Å². The van der Waals surface area contributed by atoms with E-state index >= 15 is 0 Å². The molecule has 2 aromatic carbocycles. The fourth-order valence-corrected chi connectivity index (χ4v) is 4.65. The average molecular weight is 722 g/mol. The van der Waals surface area contributed by atoms with Crippen molar-refractivity contribution < 1.29 is 39.3 Å². The van der Waals surface area contributed by atoms with E-state index in [1.165, 1.54) is 24.3 Å². The van der Waals surface area contributed by atoms with Gasteiger partial charge in [-0.25, -0.2) is 0 Å². The van der Waals surface area contributed by atoms with Gasteiger partial charge in [0.1, 0.15) is 0 Å². The average Bonchev–Trinajstić information content (AvgIpc) is 2.96. The largest absolute Gasteiger partial charge is 0.475 e. The first kappa shape index (κ1) is 41.5. The van der Waals surface area contributed by atoms with Gasteiger partial charge in [-0.05, 0) is 61.1 Å². The molecule has 0 aliphatic rings. The van der Waals surface area contributed by atoms with E-state index in [0.717, 1.165) is 0 Å². The van der Waals surface area contributed by atoms with Crippen LogP contribution in [0, 0.1) is 11.8 Å². The summed E-state index contributed by atoms with van der Waals surface area (Å²) in [5.74, 6) is -3.41. The maximum Gasteiger partial charge on any atom is 0.475 e. The van der Waals surface area contributed by atoms with E-state index in [4.69, 9.17) is 46.4 Å². The Morgan fingerprint density at radius 3 is 1.24 bits per heavy atom. The van der Waals surface area contributed by atoms with Crippen molar-refractivity contribution in [2.75, 3.05) is 13.1 Å².